The van der Waals surface area contributed by atoms with Gasteiger partial charge in [-0.1, -0.05) is 23.8 Å². The number of benzene rings is 2. The van der Waals surface area contributed by atoms with E-state index in [2.05, 4.69) is 10.4 Å². The highest BCUT2D eigenvalue weighted by Crippen LogP contribution is 2.14. The molecular formula is C22H23N3O3. The topological polar surface area (TPSA) is 73.2 Å². The molecule has 0 radical (unpaired) electrons. The summed E-state index contributed by atoms with van der Waals surface area (Å²) < 4.78 is 6.93. The van der Waals surface area contributed by atoms with Crippen LogP contribution in [0.5, 0.6) is 5.88 Å². The van der Waals surface area contributed by atoms with Crippen molar-refractivity contribution in [3.63, 3.8) is 0 Å². The zero-order valence-electron chi connectivity index (χ0n) is 16.4. The van der Waals surface area contributed by atoms with Crippen molar-refractivity contribution in [2.75, 3.05) is 5.32 Å². The number of amides is 1. The average molecular weight is 377 g/mol. The van der Waals surface area contributed by atoms with Crippen LogP contribution in [0.3, 0.4) is 0 Å². The summed E-state index contributed by atoms with van der Waals surface area (Å²) in [5, 5.41) is 7.06. The van der Waals surface area contributed by atoms with E-state index >= 15 is 0 Å². The van der Waals surface area contributed by atoms with Crippen LogP contribution in [0.1, 0.15) is 23.6 Å². The molecule has 1 amide bonds. The minimum atomic E-state index is -0.778. The van der Waals surface area contributed by atoms with Crippen LogP contribution in [0.4, 0.5) is 5.69 Å². The molecule has 1 atom stereocenters. The molecule has 6 heteroatoms. The molecule has 0 aliphatic carbocycles. The first-order valence-electron chi connectivity index (χ1n) is 9.06. The molecule has 0 saturated carbocycles. The van der Waals surface area contributed by atoms with Crippen molar-refractivity contribution in [2.45, 2.75) is 33.8 Å². The molecule has 1 aromatic heterocycles. The van der Waals surface area contributed by atoms with Crippen molar-refractivity contribution >= 4 is 11.6 Å². The van der Waals surface area contributed by atoms with E-state index < -0.39 is 6.10 Å². The first kappa shape index (κ1) is 19.4. The van der Waals surface area contributed by atoms with Crippen molar-refractivity contribution in [3.05, 3.63) is 81.6 Å². The molecule has 1 heterocycles. The highest BCUT2D eigenvalue weighted by molar-refractivity contribution is 5.94. The molecule has 144 valence electrons. The summed E-state index contributed by atoms with van der Waals surface area (Å²) in [7, 11) is 0. The van der Waals surface area contributed by atoms with Crippen LogP contribution in [0.15, 0.2) is 59.4 Å². The van der Waals surface area contributed by atoms with Crippen molar-refractivity contribution < 1.29 is 9.53 Å². The van der Waals surface area contributed by atoms with Crippen LogP contribution < -0.4 is 15.6 Å². The van der Waals surface area contributed by atoms with Gasteiger partial charge in [-0.15, -0.1) is 5.10 Å². The summed E-state index contributed by atoms with van der Waals surface area (Å²) in [6.45, 7) is 7.59. The van der Waals surface area contributed by atoms with Gasteiger partial charge in [-0.25, -0.2) is 0 Å². The maximum atomic E-state index is 12.4. The first-order chi connectivity index (χ1) is 13.3. The Labute approximate surface area is 163 Å². The van der Waals surface area contributed by atoms with E-state index in [-0.39, 0.29) is 17.3 Å². The van der Waals surface area contributed by atoms with Gasteiger partial charge >= 0.3 is 0 Å². The number of hydrogen-bond donors (Lipinski definition) is 1. The number of carbonyl (C=O) groups is 1. The lowest BCUT2D eigenvalue weighted by Gasteiger charge is -2.15. The molecule has 0 aliphatic heterocycles. The molecule has 28 heavy (non-hydrogen) atoms. The fourth-order valence-corrected chi connectivity index (χ4v) is 2.61. The van der Waals surface area contributed by atoms with E-state index in [1.165, 1.54) is 16.8 Å². The molecule has 0 bridgehead atoms. The van der Waals surface area contributed by atoms with Crippen molar-refractivity contribution in [1.29, 1.82) is 0 Å². The predicted octanol–water partition coefficient (Wildman–Crippen LogP) is 3.56. The van der Waals surface area contributed by atoms with E-state index in [1.54, 1.807) is 6.92 Å². The number of hydrogen-bond acceptors (Lipinski definition) is 4. The monoisotopic (exact) mass is 377 g/mol. The first-order valence-corrected chi connectivity index (χ1v) is 9.06. The number of anilines is 1. The van der Waals surface area contributed by atoms with Gasteiger partial charge in [0.15, 0.2) is 6.10 Å². The second-order valence-corrected chi connectivity index (χ2v) is 6.81. The minimum absolute atomic E-state index is 0.199. The van der Waals surface area contributed by atoms with E-state index in [0.717, 1.165) is 16.7 Å². The number of aryl methyl sites for hydroxylation is 3. The number of ether oxygens (including phenoxy) is 1. The van der Waals surface area contributed by atoms with E-state index in [9.17, 15) is 9.59 Å². The lowest BCUT2D eigenvalue weighted by Crippen LogP contribution is -2.31. The number of nitrogens with zero attached hydrogens (tertiary/aromatic N) is 2. The quantitative estimate of drug-likeness (QED) is 0.738. The lowest BCUT2D eigenvalue weighted by molar-refractivity contribution is -0.122. The number of carbonyl (C=O) groups excluding carboxylic acids is 1. The Morgan fingerprint density at radius 3 is 2.39 bits per heavy atom. The zero-order valence-corrected chi connectivity index (χ0v) is 16.4. The second kappa shape index (κ2) is 8.08. The molecule has 2 aromatic carbocycles. The van der Waals surface area contributed by atoms with E-state index in [4.69, 9.17) is 4.74 Å². The van der Waals surface area contributed by atoms with Crippen LogP contribution in [0.2, 0.25) is 0 Å². The lowest BCUT2D eigenvalue weighted by atomic mass is 10.1. The smallest absolute Gasteiger partial charge is 0.271 e. The van der Waals surface area contributed by atoms with Gasteiger partial charge in [0.25, 0.3) is 11.5 Å². The van der Waals surface area contributed by atoms with Gasteiger partial charge in [0.2, 0.25) is 5.88 Å². The van der Waals surface area contributed by atoms with Crippen LogP contribution >= 0.6 is 0 Å². The Morgan fingerprint density at radius 1 is 1.00 bits per heavy atom. The third-order valence-corrected chi connectivity index (χ3v) is 4.50. The second-order valence-electron chi connectivity index (χ2n) is 6.81. The van der Waals surface area contributed by atoms with Gasteiger partial charge in [-0.3, -0.25) is 9.59 Å². The molecule has 1 N–H and O–H groups in total. The summed E-state index contributed by atoms with van der Waals surface area (Å²) >= 11 is 0. The van der Waals surface area contributed by atoms with Gasteiger partial charge in [0, 0.05) is 17.8 Å². The van der Waals surface area contributed by atoms with Crippen LogP contribution in [-0.4, -0.2) is 21.8 Å². The average Bonchev–Trinajstić information content (AvgIpc) is 2.67. The SMILES string of the molecule is Cc1ccc(NC(=O)C(C)Oc2ccc(=O)n(-c3ccc(C)c(C)c3)n2)cc1. The van der Waals surface area contributed by atoms with Crippen LogP contribution in [0, 0.1) is 20.8 Å². The third kappa shape index (κ3) is 4.46. The van der Waals surface area contributed by atoms with E-state index in [0.29, 0.717) is 11.4 Å². The maximum Gasteiger partial charge on any atom is 0.271 e. The number of rotatable bonds is 5. The highest BCUT2D eigenvalue weighted by atomic mass is 16.5. The van der Waals surface area contributed by atoms with Crippen molar-refractivity contribution in [3.8, 4) is 11.6 Å². The summed E-state index contributed by atoms with van der Waals surface area (Å²) in [4.78, 5) is 24.6. The van der Waals surface area contributed by atoms with Gasteiger partial charge in [0.1, 0.15) is 0 Å². The molecular weight excluding hydrogens is 354 g/mol. The fourth-order valence-electron chi connectivity index (χ4n) is 2.61. The van der Waals surface area contributed by atoms with Crippen LogP contribution in [0.25, 0.3) is 5.69 Å². The normalized spacial score (nSPS) is 11.7. The Morgan fingerprint density at radius 2 is 1.71 bits per heavy atom. The Bertz CT molecular complexity index is 1060. The summed E-state index contributed by atoms with van der Waals surface area (Å²) in [5.41, 5.74) is 4.37. The standard InChI is InChI=1S/C22H23N3O3/c1-14-5-8-18(9-6-14)23-22(27)17(4)28-20-11-12-21(26)25(24-20)19-10-7-15(2)16(3)13-19/h5-13,17H,1-4H3,(H,23,27). The third-order valence-electron chi connectivity index (χ3n) is 4.50. The Hall–Kier alpha value is -3.41. The molecule has 0 fully saturated rings. The zero-order chi connectivity index (χ0) is 20.3. The highest BCUT2D eigenvalue weighted by Gasteiger charge is 2.16. The number of nitrogens with one attached hydrogen (secondary N) is 1. The molecule has 3 aromatic rings. The van der Waals surface area contributed by atoms with E-state index in [1.807, 2.05) is 63.2 Å². The van der Waals surface area contributed by atoms with Crippen molar-refractivity contribution in [1.82, 2.24) is 9.78 Å². The molecule has 6 nitrogen and oxygen atoms in total. The van der Waals surface area contributed by atoms with Gasteiger partial charge < -0.3 is 10.1 Å². The minimum Gasteiger partial charge on any atom is -0.463 e. The van der Waals surface area contributed by atoms with Crippen molar-refractivity contribution in [2.24, 2.45) is 0 Å². The molecule has 1 unspecified atom stereocenters. The maximum absolute atomic E-state index is 12.4. The van der Waals surface area contributed by atoms with Gasteiger partial charge in [0.05, 0.1) is 5.69 Å². The number of aromatic nitrogens is 2. The largest absolute Gasteiger partial charge is 0.463 e. The Balaban J connectivity index is 1.76. The summed E-state index contributed by atoms with van der Waals surface area (Å²) in [5.74, 6) is -0.0982. The predicted molar refractivity (Wildman–Crippen MR) is 109 cm³/mol. The van der Waals surface area contributed by atoms with Gasteiger partial charge in [-0.05, 0) is 63.1 Å². The Kier molecular flexibility index (Phi) is 5.59. The summed E-state index contributed by atoms with van der Waals surface area (Å²) in [6.07, 6.45) is -0.778. The molecule has 0 spiro atoms. The summed E-state index contributed by atoms with van der Waals surface area (Å²) in [6, 6.07) is 16.0. The molecule has 3 rings (SSSR count). The fraction of sp³-hybridized carbons (Fsp3) is 0.227. The van der Waals surface area contributed by atoms with Crippen LogP contribution in [-0.2, 0) is 4.79 Å². The van der Waals surface area contributed by atoms with Gasteiger partial charge in [-0.2, -0.15) is 4.68 Å². The molecule has 0 aliphatic rings. The molecule has 0 saturated heterocycles.